The number of carboxylic acids is 1. The summed E-state index contributed by atoms with van der Waals surface area (Å²) >= 11 is 5.95. The molecule has 2 aromatic carbocycles. The van der Waals surface area contributed by atoms with Crippen LogP contribution in [0.3, 0.4) is 0 Å². The second kappa shape index (κ2) is 6.14. The second-order valence-corrected chi connectivity index (χ2v) is 5.21. The highest BCUT2D eigenvalue weighted by Crippen LogP contribution is 2.28. The molecule has 0 saturated heterocycles. The SMILES string of the molecule is Cc1cc(Cl)cc(C)c1OCc1ccc(F)c(C(=O)O)c1. The van der Waals surface area contributed by atoms with Gasteiger partial charge in [-0.25, -0.2) is 9.18 Å². The van der Waals surface area contributed by atoms with Crippen LogP contribution in [0.5, 0.6) is 5.75 Å². The molecule has 2 rings (SSSR count). The minimum Gasteiger partial charge on any atom is -0.488 e. The van der Waals surface area contributed by atoms with Crippen molar-refractivity contribution in [3.8, 4) is 5.75 Å². The molecule has 0 atom stereocenters. The summed E-state index contributed by atoms with van der Waals surface area (Å²) in [6.45, 7) is 3.91. The van der Waals surface area contributed by atoms with E-state index in [2.05, 4.69) is 0 Å². The summed E-state index contributed by atoms with van der Waals surface area (Å²) in [5.74, 6) is -1.36. The van der Waals surface area contributed by atoms with Crippen LogP contribution in [0.1, 0.15) is 27.0 Å². The van der Waals surface area contributed by atoms with Gasteiger partial charge in [-0.05, 0) is 54.8 Å². The molecule has 0 aliphatic rings. The third-order valence-corrected chi connectivity index (χ3v) is 3.29. The lowest BCUT2D eigenvalue weighted by molar-refractivity contribution is 0.0691. The Bertz CT molecular complexity index is 675. The molecule has 2 aromatic rings. The number of carbonyl (C=O) groups is 1. The quantitative estimate of drug-likeness (QED) is 0.912. The summed E-state index contributed by atoms with van der Waals surface area (Å²) in [4.78, 5) is 10.9. The maximum absolute atomic E-state index is 13.3. The van der Waals surface area contributed by atoms with Crippen LogP contribution in [0.25, 0.3) is 0 Å². The van der Waals surface area contributed by atoms with Gasteiger partial charge in [0.2, 0.25) is 0 Å². The van der Waals surface area contributed by atoms with Crippen LogP contribution >= 0.6 is 11.6 Å². The van der Waals surface area contributed by atoms with E-state index in [0.717, 1.165) is 17.2 Å². The van der Waals surface area contributed by atoms with E-state index in [4.69, 9.17) is 21.4 Å². The minimum atomic E-state index is -1.30. The highest BCUT2D eigenvalue weighted by atomic mass is 35.5. The fourth-order valence-corrected chi connectivity index (χ4v) is 2.43. The van der Waals surface area contributed by atoms with Crippen LogP contribution in [0.2, 0.25) is 5.02 Å². The normalized spacial score (nSPS) is 10.5. The van der Waals surface area contributed by atoms with E-state index in [1.165, 1.54) is 12.1 Å². The first kappa shape index (κ1) is 15.3. The topological polar surface area (TPSA) is 46.5 Å². The van der Waals surface area contributed by atoms with Crippen molar-refractivity contribution in [3.63, 3.8) is 0 Å². The van der Waals surface area contributed by atoms with E-state index in [0.29, 0.717) is 16.3 Å². The average Bonchev–Trinajstić information content (AvgIpc) is 2.38. The van der Waals surface area contributed by atoms with Gasteiger partial charge in [-0.15, -0.1) is 0 Å². The van der Waals surface area contributed by atoms with E-state index < -0.39 is 11.8 Å². The molecular formula is C16H14ClFO3. The first-order valence-electron chi connectivity index (χ1n) is 6.29. The van der Waals surface area contributed by atoms with E-state index in [9.17, 15) is 9.18 Å². The fourth-order valence-electron chi connectivity index (χ4n) is 2.11. The number of halogens is 2. The summed E-state index contributed by atoms with van der Waals surface area (Å²) < 4.78 is 19.0. The van der Waals surface area contributed by atoms with Crippen LogP contribution in [0, 0.1) is 19.7 Å². The lowest BCUT2D eigenvalue weighted by atomic mass is 10.1. The molecule has 21 heavy (non-hydrogen) atoms. The highest BCUT2D eigenvalue weighted by Gasteiger charge is 2.12. The number of benzene rings is 2. The number of aryl methyl sites for hydroxylation is 2. The molecule has 0 aliphatic heterocycles. The van der Waals surface area contributed by atoms with Crippen molar-refractivity contribution in [1.29, 1.82) is 0 Å². The Labute approximate surface area is 126 Å². The van der Waals surface area contributed by atoms with Gasteiger partial charge in [0, 0.05) is 5.02 Å². The van der Waals surface area contributed by atoms with E-state index in [1.54, 1.807) is 12.1 Å². The fraction of sp³-hybridized carbons (Fsp3) is 0.188. The van der Waals surface area contributed by atoms with Crippen molar-refractivity contribution in [1.82, 2.24) is 0 Å². The molecule has 0 bridgehead atoms. The Kier molecular flexibility index (Phi) is 4.48. The summed E-state index contributed by atoms with van der Waals surface area (Å²) in [6.07, 6.45) is 0. The highest BCUT2D eigenvalue weighted by molar-refractivity contribution is 6.30. The Morgan fingerprint density at radius 2 is 1.86 bits per heavy atom. The zero-order chi connectivity index (χ0) is 15.6. The van der Waals surface area contributed by atoms with Crippen molar-refractivity contribution in [2.75, 3.05) is 0 Å². The smallest absolute Gasteiger partial charge is 0.338 e. The first-order valence-corrected chi connectivity index (χ1v) is 6.67. The summed E-state index contributed by atoms with van der Waals surface area (Å²) in [6, 6.07) is 7.48. The van der Waals surface area contributed by atoms with Crippen LogP contribution in [0.15, 0.2) is 30.3 Å². The van der Waals surface area contributed by atoms with Crippen LogP contribution in [0.4, 0.5) is 4.39 Å². The molecule has 0 fully saturated rings. The number of ether oxygens (including phenoxy) is 1. The molecular weight excluding hydrogens is 295 g/mol. The molecule has 0 unspecified atom stereocenters. The van der Waals surface area contributed by atoms with Crippen molar-refractivity contribution >= 4 is 17.6 Å². The van der Waals surface area contributed by atoms with Crippen LogP contribution in [-0.4, -0.2) is 11.1 Å². The molecule has 5 heteroatoms. The zero-order valence-corrected chi connectivity index (χ0v) is 12.4. The number of carboxylic acid groups (broad SMARTS) is 1. The van der Waals surface area contributed by atoms with Gasteiger partial charge in [-0.2, -0.15) is 0 Å². The third kappa shape index (κ3) is 3.52. The lowest BCUT2D eigenvalue weighted by Gasteiger charge is -2.13. The minimum absolute atomic E-state index is 0.157. The summed E-state index contributed by atoms with van der Waals surface area (Å²) in [5, 5.41) is 9.53. The average molecular weight is 309 g/mol. The molecule has 0 aliphatic carbocycles. The Hall–Kier alpha value is -2.07. The number of hydrogen-bond donors (Lipinski definition) is 1. The van der Waals surface area contributed by atoms with Crippen molar-refractivity contribution in [2.45, 2.75) is 20.5 Å². The van der Waals surface area contributed by atoms with E-state index in [-0.39, 0.29) is 12.2 Å². The van der Waals surface area contributed by atoms with Gasteiger partial charge in [0.05, 0.1) is 5.56 Å². The van der Waals surface area contributed by atoms with Crippen molar-refractivity contribution in [3.05, 3.63) is 63.4 Å². The summed E-state index contributed by atoms with van der Waals surface area (Å²) in [5.41, 5.74) is 2.00. The van der Waals surface area contributed by atoms with Crippen molar-refractivity contribution in [2.24, 2.45) is 0 Å². The first-order chi connectivity index (χ1) is 9.88. The Morgan fingerprint density at radius 3 is 2.43 bits per heavy atom. The molecule has 0 spiro atoms. The van der Waals surface area contributed by atoms with Crippen LogP contribution < -0.4 is 4.74 Å². The van der Waals surface area contributed by atoms with Gasteiger partial charge in [-0.3, -0.25) is 0 Å². The molecule has 3 nitrogen and oxygen atoms in total. The number of aromatic carboxylic acids is 1. The van der Waals surface area contributed by atoms with Gasteiger partial charge in [-0.1, -0.05) is 17.7 Å². The summed E-state index contributed by atoms with van der Waals surface area (Å²) in [7, 11) is 0. The monoisotopic (exact) mass is 308 g/mol. The molecule has 110 valence electrons. The lowest BCUT2D eigenvalue weighted by Crippen LogP contribution is -2.04. The predicted octanol–water partition coefficient (Wildman–Crippen LogP) is 4.37. The number of rotatable bonds is 4. The molecule has 0 heterocycles. The second-order valence-electron chi connectivity index (χ2n) is 4.78. The Balaban J connectivity index is 2.21. The standard InChI is InChI=1S/C16H14ClFO3/c1-9-5-12(17)6-10(2)15(9)21-8-11-3-4-14(18)13(7-11)16(19)20/h3-7H,8H2,1-2H3,(H,19,20). The van der Waals surface area contributed by atoms with Gasteiger partial charge in [0.15, 0.2) is 0 Å². The molecule has 0 radical (unpaired) electrons. The predicted molar refractivity (Wildman–Crippen MR) is 78.6 cm³/mol. The van der Waals surface area contributed by atoms with Gasteiger partial charge in [0.1, 0.15) is 18.2 Å². The molecule has 1 N–H and O–H groups in total. The van der Waals surface area contributed by atoms with Crippen LogP contribution in [-0.2, 0) is 6.61 Å². The van der Waals surface area contributed by atoms with Gasteiger partial charge < -0.3 is 9.84 Å². The largest absolute Gasteiger partial charge is 0.488 e. The third-order valence-electron chi connectivity index (χ3n) is 3.07. The Morgan fingerprint density at radius 1 is 1.24 bits per heavy atom. The zero-order valence-electron chi connectivity index (χ0n) is 11.6. The molecule has 0 amide bonds. The number of hydrogen-bond acceptors (Lipinski definition) is 2. The maximum Gasteiger partial charge on any atom is 0.338 e. The van der Waals surface area contributed by atoms with E-state index in [1.807, 2.05) is 13.8 Å². The van der Waals surface area contributed by atoms with E-state index >= 15 is 0 Å². The van der Waals surface area contributed by atoms with Crippen molar-refractivity contribution < 1.29 is 19.0 Å². The molecule has 0 aromatic heterocycles. The maximum atomic E-state index is 13.3. The molecule has 0 saturated carbocycles. The van der Waals surface area contributed by atoms with Gasteiger partial charge >= 0.3 is 5.97 Å². The van der Waals surface area contributed by atoms with Gasteiger partial charge in [0.25, 0.3) is 0 Å².